The third kappa shape index (κ3) is 14.6. The van der Waals surface area contributed by atoms with E-state index in [2.05, 4.69) is 10.2 Å². The Morgan fingerprint density at radius 2 is 1.54 bits per heavy atom. The third-order valence-electron chi connectivity index (χ3n) is 10.1. The second-order valence-corrected chi connectivity index (χ2v) is 15.4. The molecule has 3 aliphatic rings. The van der Waals surface area contributed by atoms with Crippen LogP contribution in [0.15, 0.2) is 10.2 Å². The van der Waals surface area contributed by atoms with Gasteiger partial charge in [0.05, 0.1) is 42.5 Å². The number of aliphatic hydroxyl groups excluding tert-OH is 4. The molecular weight excluding hydrogens is 674 g/mol. The fourth-order valence-electron chi connectivity index (χ4n) is 6.89. The van der Waals surface area contributed by atoms with Crippen LogP contribution in [0, 0.1) is 23.7 Å². The van der Waals surface area contributed by atoms with E-state index in [4.69, 9.17) is 28.8 Å². The van der Waals surface area contributed by atoms with Crippen LogP contribution in [0.5, 0.6) is 0 Å². The van der Waals surface area contributed by atoms with Gasteiger partial charge in [-0.05, 0) is 86.2 Å². The molecule has 306 valence electrons. The van der Waals surface area contributed by atoms with Crippen molar-refractivity contribution in [2.24, 2.45) is 33.9 Å². The molecule has 3 aliphatic heterocycles. The number of cyclic esters (lactones) is 1. The second-order valence-electron chi connectivity index (χ2n) is 15.4. The normalized spacial score (nSPS) is 41.8. The summed E-state index contributed by atoms with van der Waals surface area (Å²) in [7, 11) is 5.45. The molecule has 0 saturated carbocycles. The number of methoxy groups -OCH3 is 1. The van der Waals surface area contributed by atoms with Crippen molar-refractivity contribution in [2.45, 2.75) is 175 Å². The van der Waals surface area contributed by atoms with E-state index < -0.39 is 66.5 Å². The third-order valence-corrected chi connectivity index (χ3v) is 10.1. The minimum absolute atomic E-state index is 0.117. The fraction of sp³-hybridized carbons (Fsp3) is 0.921. The summed E-state index contributed by atoms with van der Waals surface area (Å²) in [5.74, 6) is -1.61. The highest BCUT2D eigenvalue weighted by molar-refractivity contribution is 5.88. The van der Waals surface area contributed by atoms with Gasteiger partial charge in [-0.2, -0.15) is 10.2 Å². The summed E-state index contributed by atoms with van der Waals surface area (Å²) in [5.41, 5.74) is -0.361. The molecule has 11 unspecified atom stereocenters. The van der Waals surface area contributed by atoms with Gasteiger partial charge in [-0.3, -0.25) is 4.79 Å². The smallest absolute Gasteiger partial charge is 0.308 e. The van der Waals surface area contributed by atoms with E-state index in [0.29, 0.717) is 37.8 Å². The zero-order valence-electron chi connectivity index (χ0n) is 34.4. The van der Waals surface area contributed by atoms with Gasteiger partial charge in [-0.25, -0.2) is 0 Å². The molecule has 14 nitrogen and oxygen atoms in total. The Morgan fingerprint density at radius 1 is 0.923 bits per heavy atom. The average molecular weight is 748 g/mol. The van der Waals surface area contributed by atoms with Crippen LogP contribution >= 0.6 is 0 Å². The maximum Gasteiger partial charge on any atom is 0.308 e. The molecule has 3 heterocycles. The lowest BCUT2D eigenvalue weighted by molar-refractivity contribution is -0.285. The molecule has 0 spiro atoms. The van der Waals surface area contributed by atoms with Crippen molar-refractivity contribution < 1.29 is 54.0 Å². The summed E-state index contributed by atoms with van der Waals surface area (Å²) in [6, 6.07) is -0.138. The molecule has 0 aromatic carbocycles. The maximum absolute atomic E-state index is 12.9. The Kier molecular flexibility index (Phi) is 21.1. The first-order chi connectivity index (χ1) is 24.2. The van der Waals surface area contributed by atoms with E-state index in [1.165, 1.54) is 6.92 Å². The maximum atomic E-state index is 12.9. The molecule has 0 aromatic heterocycles. The molecule has 3 fully saturated rings. The van der Waals surface area contributed by atoms with Crippen molar-refractivity contribution in [3.8, 4) is 0 Å². The number of hydrogen-bond donors (Lipinski definition) is 5. The molecule has 3 saturated heterocycles. The molecule has 3 rings (SSSR count). The van der Waals surface area contributed by atoms with E-state index in [-0.39, 0.29) is 36.7 Å². The van der Waals surface area contributed by atoms with Gasteiger partial charge in [0.2, 0.25) is 0 Å². The highest BCUT2D eigenvalue weighted by Crippen LogP contribution is 2.32. The Balaban J connectivity index is 0.000000955. The largest absolute Gasteiger partial charge is 0.462 e. The van der Waals surface area contributed by atoms with Gasteiger partial charge < -0.3 is 54.1 Å². The van der Waals surface area contributed by atoms with Crippen molar-refractivity contribution in [1.82, 2.24) is 4.90 Å². The molecule has 0 aromatic rings. The summed E-state index contributed by atoms with van der Waals surface area (Å²) < 4.78 is 29.0. The van der Waals surface area contributed by atoms with E-state index in [9.17, 15) is 25.2 Å². The van der Waals surface area contributed by atoms with Crippen molar-refractivity contribution in [3.05, 3.63) is 0 Å². The van der Waals surface area contributed by atoms with Crippen LogP contribution in [0.4, 0.5) is 0 Å². The SMILES string of the molecule is CC.CC1C[C@H](O)OC(C)[C@@H]1O.COC1CC/C(=N\N=C(C)C)C(C)C(O)C(C)(O)COC(=O)C(C)C[C@H](C)[C@H]1OC1OC(C)CC(N(C)C)C1O. The Hall–Kier alpha value is -1.59. The van der Waals surface area contributed by atoms with Gasteiger partial charge >= 0.3 is 5.97 Å². The van der Waals surface area contributed by atoms with Gasteiger partial charge in [0.1, 0.15) is 18.3 Å². The number of aliphatic hydroxyl groups is 5. The quantitative estimate of drug-likeness (QED) is 0.156. The molecule has 14 heteroatoms. The van der Waals surface area contributed by atoms with Crippen LogP contribution in [-0.4, -0.2) is 143 Å². The van der Waals surface area contributed by atoms with Gasteiger partial charge in [-0.15, -0.1) is 0 Å². The van der Waals surface area contributed by atoms with Crippen LogP contribution in [0.3, 0.4) is 0 Å². The number of ether oxygens (including phenoxy) is 5. The van der Waals surface area contributed by atoms with E-state index >= 15 is 0 Å². The zero-order valence-corrected chi connectivity index (χ0v) is 34.4. The van der Waals surface area contributed by atoms with E-state index in [1.54, 1.807) is 27.9 Å². The predicted octanol–water partition coefficient (Wildman–Crippen LogP) is 3.53. The fourth-order valence-corrected chi connectivity index (χ4v) is 6.89. The first-order valence-corrected chi connectivity index (χ1v) is 19.0. The first kappa shape index (κ1) is 48.4. The van der Waals surface area contributed by atoms with Crippen molar-refractivity contribution in [1.29, 1.82) is 0 Å². The van der Waals surface area contributed by atoms with Crippen LogP contribution in [0.2, 0.25) is 0 Å². The standard InChI is InChI=1S/C29H53N3O8.C7H14O3.C2H6/c1-16(2)30-31-21-11-12-23(37-10)25(40-28-24(33)22(32(8)9)14-19(5)39-28)17(3)13-18(4)27(35)38-15-29(7,36)26(34)20(21)6;1-4-3-6(8)10-5(2)7(4)9;1-2/h17-20,22-26,28,33-34,36H,11-15H2,1-10H3;4-9H,3H2,1-2H3;1-2H3/b31-21+;;/t17-,18?,19?,20?,22?,23?,24?,25+,26?,28?,29?;4?,5?,6-,7-;/m01./s1. The number of esters is 1. The Labute approximate surface area is 312 Å². The lowest BCUT2D eigenvalue weighted by Crippen LogP contribution is -2.56. The molecule has 0 radical (unpaired) electrons. The van der Waals surface area contributed by atoms with E-state index in [1.807, 2.05) is 67.5 Å². The minimum atomic E-state index is -1.68. The van der Waals surface area contributed by atoms with E-state index in [0.717, 1.165) is 5.71 Å². The monoisotopic (exact) mass is 748 g/mol. The first-order valence-electron chi connectivity index (χ1n) is 19.0. The Bertz CT molecular complexity index is 1090. The Morgan fingerprint density at radius 3 is 2.08 bits per heavy atom. The van der Waals surface area contributed by atoms with Crippen molar-refractivity contribution >= 4 is 17.4 Å². The number of carbonyl (C=O) groups is 1. The summed E-state index contributed by atoms with van der Waals surface area (Å²) in [5, 5.41) is 60.2. The molecule has 0 aliphatic carbocycles. The van der Waals surface area contributed by atoms with Crippen LogP contribution in [0.25, 0.3) is 0 Å². The second kappa shape index (κ2) is 22.7. The number of carbonyl (C=O) groups excluding carboxylic acids is 1. The minimum Gasteiger partial charge on any atom is -0.462 e. The number of hydrogen-bond acceptors (Lipinski definition) is 14. The average Bonchev–Trinajstić information content (AvgIpc) is 3.07. The summed E-state index contributed by atoms with van der Waals surface area (Å²) in [4.78, 5) is 14.9. The molecule has 52 heavy (non-hydrogen) atoms. The number of likely N-dealkylation sites (N-methyl/N-ethyl adjacent to an activating group) is 1. The molecular formula is C38H73N3O11. The van der Waals surface area contributed by atoms with Crippen LogP contribution in [-0.2, 0) is 28.5 Å². The summed E-state index contributed by atoms with van der Waals surface area (Å²) in [6.07, 6.45) is -2.95. The van der Waals surface area contributed by atoms with Crippen molar-refractivity contribution in [2.75, 3.05) is 27.8 Å². The molecule has 0 amide bonds. The number of rotatable bonds is 5. The van der Waals surface area contributed by atoms with Gasteiger partial charge in [0.25, 0.3) is 0 Å². The highest BCUT2D eigenvalue weighted by atomic mass is 16.7. The van der Waals surface area contributed by atoms with Crippen LogP contribution in [0.1, 0.15) is 108 Å². The van der Waals surface area contributed by atoms with Gasteiger partial charge in [0.15, 0.2) is 12.6 Å². The summed E-state index contributed by atoms with van der Waals surface area (Å²) >= 11 is 0. The summed E-state index contributed by atoms with van der Waals surface area (Å²) in [6.45, 7) is 19.9. The topological polar surface area (TPSA) is 192 Å². The number of nitrogens with zero attached hydrogens (tertiary/aromatic N) is 3. The molecule has 5 N–H and O–H groups in total. The van der Waals surface area contributed by atoms with Crippen molar-refractivity contribution in [3.63, 3.8) is 0 Å². The van der Waals surface area contributed by atoms with Gasteiger partial charge in [0, 0.05) is 36.9 Å². The lowest BCUT2D eigenvalue weighted by atomic mass is 9.83. The highest BCUT2D eigenvalue weighted by Gasteiger charge is 2.43. The predicted molar refractivity (Wildman–Crippen MR) is 201 cm³/mol. The van der Waals surface area contributed by atoms with Gasteiger partial charge in [-0.1, -0.05) is 41.5 Å². The zero-order chi connectivity index (χ0) is 40.1. The van der Waals surface area contributed by atoms with Crippen LogP contribution < -0.4 is 0 Å². The molecule has 0 bridgehead atoms. The lowest BCUT2D eigenvalue weighted by Gasteiger charge is -2.44. The molecule has 15 atom stereocenters.